The zero-order chi connectivity index (χ0) is 45.7. The molecule has 2 unspecified atom stereocenters. The molecule has 0 aromatic heterocycles. The van der Waals surface area contributed by atoms with Crippen LogP contribution in [0, 0.1) is 0 Å². The van der Waals surface area contributed by atoms with E-state index in [1.165, 1.54) is 57.8 Å². The summed E-state index contributed by atoms with van der Waals surface area (Å²) in [7, 11) is 0. The quantitative estimate of drug-likeness (QED) is 0.0328. The van der Waals surface area contributed by atoms with Crippen molar-refractivity contribution in [3.05, 3.63) is 156 Å². The lowest BCUT2D eigenvalue weighted by Crippen LogP contribution is -2.60. The molecule has 9 nitrogen and oxygen atoms in total. The minimum Gasteiger partial charge on any atom is -0.390 e. The van der Waals surface area contributed by atoms with Crippen molar-refractivity contribution in [3.8, 4) is 0 Å². The van der Waals surface area contributed by atoms with Crippen LogP contribution in [0.4, 0.5) is 0 Å². The Labute approximate surface area is 389 Å². The van der Waals surface area contributed by atoms with Crippen LogP contribution >= 0.6 is 0 Å². The van der Waals surface area contributed by atoms with Crippen molar-refractivity contribution >= 4 is 5.91 Å². The first-order valence-corrected chi connectivity index (χ1v) is 24.5. The number of unbranched alkanes of at least 4 members (excludes halogenated alkanes) is 11. The Bertz CT molecular complexity index is 1830. The molecule has 9 heteroatoms. The van der Waals surface area contributed by atoms with Gasteiger partial charge in [-0.1, -0.05) is 224 Å². The lowest BCUT2D eigenvalue weighted by molar-refractivity contribution is -0.263. The number of hydrogen-bond acceptors (Lipinski definition) is 8. The second-order valence-corrected chi connectivity index (χ2v) is 17.5. The summed E-state index contributed by atoms with van der Waals surface area (Å²) in [6, 6.07) is 39.1. The van der Waals surface area contributed by atoms with Gasteiger partial charge in [-0.3, -0.25) is 4.79 Å². The molecule has 8 atom stereocenters. The van der Waals surface area contributed by atoms with Gasteiger partial charge in [-0.25, -0.2) is 0 Å². The molecular formula is C56H77NO8. The van der Waals surface area contributed by atoms with Gasteiger partial charge in [0.15, 0.2) is 0 Å². The van der Waals surface area contributed by atoms with Crippen LogP contribution in [0.15, 0.2) is 133 Å². The molecule has 65 heavy (non-hydrogen) atoms. The summed E-state index contributed by atoms with van der Waals surface area (Å²) in [4.78, 5) is 12.9. The second-order valence-electron chi connectivity index (χ2n) is 17.5. The van der Waals surface area contributed by atoms with E-state index < -0.39 is 48.8 Å². The number of aliphatic hydroxyl groups is 2. The third-order valence-electron chi connectivity index (χ3n) is 12.2. The maximum Gasteiger partial charge on any atom is 0.220 e. The Hall–Kier alpha value is -4.19. The molecule has 4 aromatic carbocycles. The maximum absolute atomic E-state index is 12.9. The van der Waals surface area contributed by atoms with Gasteiger partial charge < -0.3 is 39.2 Å². The Balaban J connectivity index is 1.36. The van der Waals surface area contributed by atoms with E-state index in [1.807, 2.05) is 127 Å². The van der Waals surface area contributed by atoms with Crippen molar-refractivity contribution in [1.82, 2.24) is 5.32 Å². The first kappa shape index (κ1) is 51.8. The molecule has 1 fully saturated rings. The fourth-order valence-corrected chi connectivity index (χ4v) is 8.35. The normalized spacial score (nSPS) is 20.1. The van der Waals surface area contributed by atoms with Crippen LogP contribution in [-0.2, 0) is 54.9 Å². The average Bonchev–Trinajstić information content (AvgIpc) is 3.35. The number of nitrogens with one attached hydrogen (secondary N) is 1. The van der Waals surface area contributed by atoms with E-state index in [9.17, 15) is 15.0 Å². The Morgan fingerprint density at radius 1 is 0.585 bits per heavy atom. The summed E-state index contributed by atoms with van der Waals surface area (Å²) in [5, 5.41) is 25.9. The van der Waals surface area contributed by atoms with Gasteiger partial charge in [0.2, 0.25) is 5.91 Å². The highest BCUT2D eigenvalue weighted by Crippen LogP contribution is 2.32. The summed E-state index contributed by atoms with van der Waals surface area (Å²) in [5.41, 5.74) is 4.02. The van der Waals surface area contributed by atoms with Crippen LogP contribution in [0.1, 0.15) is 126 Å². The number of aliphatic hydroxyl groups excluding tert-OH is 2. The highest BCUT2D eigenvalue weighted by Gasteiger charge is 2.48. The van der Waals surface area contributed by atoms with Crippen molar-refractivity contribution in [2.24, 2.45) is 0 Å². The van der Waals surface area contributed by atoms with Gasteiger partial charge in [-0.05, 0) is 28.7 Å². The van der Waals surface area contributed by atoms with Gasteiger partial charge in [-0.2, -0.15) is 0 Å². The van der Waals surface area contributed by atoms with Crippen molar-refractivity contribution in [3.63, 3.8) is 0 Å². The minimum absolute atomic E-state index is 0.200. The highest BCUT2D eigenvalue weighted by atomic mass is 16.6. The lowest BCUT2D eigenvalue weighted by Gasteiger charge is -2.45. The largest absolute Gasteiger partial charge is 0.390 e. The third-order valence-corrected chi connectivity index (χ3v) is 12.2. The molecule has 0 radical (unpaired) electrons. The van der Waals surface area contributed by atoms with E-state index in [-0.39, 0.29) is 25.5 Å². The SMILES string of the molecule is CCCCCCCCCCCCCC[C@@H](O)[C@@H](O)[C@H](/C=C/[C@H]1OC(COCc2ccccc2)[C@H](OCc2ccccc2)[C@@H](OCc2ccccc2)C1OCc1ccccc1)NC(=O)CC. The molecule has 1 amide bonds. The van der Waals surface area contributed by atoms with Crippen LogP contribution in [0.3, 0.4) is 0 Å². The van der Waals surface area contributed by atoms with Crippen LogP contribution in [-0.4, -0.2) is 71.5 Å². The zero-order valence-corrected chi connectivity index (χ0v) is 39.1. The summed E-state index contributed by atoms with van der Waals surface area (Å²) < 4.78 is 33.9. The molecule has 0 spiro atoms. The predicted octanol–water partition coefficient (Wildman–Crippen LogP) is 11.0. The highest BCUT2D eigenvalue weighted by molar-refractivity contribution is 5.76. The number of hydrogen-bond donors (Lipinski definition) is 3. The fraction of sp³-hybridized carbons (Fsp3) is 0.518. The number of carbonyl (C=O) groups is 1. The summed E-state index contributed by atoms with van der Waals surface area (Å²) in [6.45, 7) is 5.50. The smallest absolute Gasteiger partial charge is 0.220 e. The molecule has 3 N–H and O–H groups in total. The van der Waals surface area contributed by atoms with Crippen molar-refractivity contribution in [2.75, 3.05) is 6.61 Å². The molecule has 1 aliphatic rings. The van der Waals surface area contributed by atoms with E-state index in [0.717, 1.165) is 41.5 Å². The minimum atomic E-state index is -1.24. The standard InChI is InChI=1S/C56H77NO8/c1-3-5-6-7-8-9-10-11-12-13-14-27-36-49(58)53(60)48(57-52(59)4-2)37-38-50-54(62-40-45-30-21-16-22-31-45)56(64-42-47-34-25-18-26-35-47)55(63-41-46-32-23-17-24-33-46)51(65-50)43-61-39-44-28-19-15-20-29-44/h15-26,28-35,37-38,48-51,53-56,58,60H,3-14,27,36,39-43H2,1-2H3,(H,57,59)/b38-37+/t48-,49+,50+,51?,53-,54?,55-,56-/m0/s1. The molecule has 0 saturated carbocycles. The number of rotatable bonds is 32. The zero-order valence-electron chi connectivity index (χ0n) is 39.1. The van der Waals surface area contributed by atoms with Crippen molar-refractivity contribution in [1.29, 1.82) is 0 Å². The predicted molar refractivity (Wildman–Crippen MR) is 259 cm³/mol. The van der Waals surface area contributed by atoms with E-state index in [0.29, 0.717) is 26.2 Å². The number of amides is 1. The fourth-order valence-electron chi connectivity index (χ4n) is 8.35. The molecule has 1 heterocycles. The molecule has 354 valence electrons. The third kappa shape index (κ3) is 19.3. The van der Waals surface area contributed by atoms with E-state index in [2.05, 4.69) is 12.2 Å². The van der Waals surface area contributed by atoms with Crippen molar-refractivity contribution < 1.29 is 38.7 Å². The van der Waals surface area contributed by atoms with Crippen LogP contribution < -0.4 is 5.32 Å². The Kier molecular flexibility index (Phi) is 24.6. The average molecular weight is 892 g/mol. The topological polar surface area (TPSA) is 116 Å². The summed E-state index contributed by atoms with van der Waals surface area (Å²) >= 11 is 0. The molecular weight excluding hydrogens is 815 g/mol. The number of carbonyl (C=O) groups excluding carboxylic acids is 1. The molecule has 5 rings (SSSR count). The Morgan fingerprint density at radius 2 is 1.02 bits per heavy atom. The summed E-state index contributed by atoms with van der Waals surface area (Å²) in [5.74, 6) is -0.233. The lowest BCUT2D eigenvalue weighted by atomic mass is 9.92. The van der Waals surface area contributed by atoms with Gasteiger partial charge in [0.25, 0.3) is 0 Å². The van der Waals surface area contributed by atoms with E-state index in [1.54, 1.807) is 13.0 Å². The van der Waals surface area contributed by atoms with Gasteiger partial charge in [0.05, 0.1) is 45.2 Å². The monoisotopic (exact) mass is 892 g/mol. The van der Waals surface area contributed by atoms with Gasteiger partial charge in [0, 0.05) is 6.42 Å². The Morgan fingerprint density at radius 3 is 1.49 bits per heavy atom. The van der Waals surface area contributed by atoms with Gasteiger partial charge in [0.1, 0.15) is 36.6 Å². The number of benzene rings is 4. The van der Waals surface area contributed by atoms with Crippen molar-refractivity contribution in [2.45, 2.75) is 179 Å². The van der Waals surface area contributed by atoms with Crippen LogP contribution in [0.25, 0.3) is 0 Å². The van der Waals surface area contributed by atoms with Crippen LogP contribution in [0.5, 0.6) is 0 Å². The van der Waals surface area contributed by atoms with Crippen LogP contribution in [0.2, 0.25) is 0 Å². The van der Waals surface area contributed by atoms with E-state index >= 15 is 0 Å². The van der Waals surface area contributed by atoms with Gasteiger partial charge >= 0.3 is 0 Å². The molecule has 0 bridgehead atoms. The van der Waals surface area contributed by atoms with E-state index in [4.69, 9.17) is 23.7 Å². The molecule has 4 aromatic rings. The first-order chi connectivity index (χ1) is 31.9. The molecule has 1 saturated heterocycles. The number of ether oxygens (including phenoxy) is 5. The van der Waals surface area contributed by atoms with Gasteiger partial charge in [-0.15, -0.1) is 0 Å². The first-order valence-electron chi connectivity index (χ1n) is 24.5. The summed E-state index contributed by atoms with van der Waals surface area (Å²) in [6.07, 6.45) is 13.3. The second kappa shape index (κ2) is 30.9. The molecule has 1 aliphatic heterocycles. The molecule has 0 aliphatic carbocycles. The maximum atomic E-state index is 12.9.